The van der Waals surface area contributed by atoms with Gasteiger partial charge in [-0.1, -0.05) is 6.92 Å². The number of rotatable bonds is 5. The third kappa shape index (κ3) is 4.14. The van der Waals surface area contributed by atoms with Crippen LogP contribution in [-0.4, -0.2) is 26.5 Å². The van der Waals surface area contributed by atoms with E-state index in [-0.39, 0.29) is 0 Å². The van der Waals surface area contributed by atoms with Crippen LogP contribution in [0, 0.1) is 27.7 Å². The molecule has 0 saturated carbocycles. The Balaban J connectivity index is 2.24. The van der Waals surface area contributed by atoms with E-state index in [0.717, 1.165) is 51.7 Å². The zero-order valence-electron chi connectivity index (χ0n) is 13.2. The SMILES string of the molecule is CCCNc1cc(Sc2nc(C)c(C)c(C)n2)nc(C)n1. The molecule has 5 nitrogen and oxygen atoms in total. The highest BCUT2D eigenvalue weighted by atomic mass is 32.2. The number of aryl methyl sites for hydroxylation is 3. The Hall–Kier alpha value is -1.69. The van der Waals surface area contributed by atoms with Gasteiger partial charge in [0.2, 0.25) is 0 Å². The quantitative estimate of drug-likeness (QED) is 0.674. The largest absolute Gasteiger partial charge is 0.370 e. The van der Waals surface area contributed by atoms with E-state index in [1.807, 2.05) is 33.8 Å². The predicted octanol–water partition coefficient (Wildman–Crippen LogP) is 3.47. The maximum absolute atomic E-state index is 4.52. The number of nitrogens with one attached hydrogen (secondary N) is 1. The van der Waals surface area contributed by atoms with Crippen LogP contribution in [0.4, 0.5) is 5.82 Å². The fraction of sp³-hybridized carbons (Fsp3) is 0.467. The van der Waals surface area contributed by atoms with Gasteiger partial charge >= 0.3 is 0 Å². The zero-order valence-corrected chi connectivity index (χ0v) is 14.0. The molecule has 0 bridgehead atoms. The molecule has 6 heteroatoms. The van der Waals surface area contributed by atoms with Crippen molar-refractivity contribution in [2.24, 2.45) is 0 Å². The first kappa shape index (κ1) is 15.7. The van der Waals surface area contributed by atoms with E-state index in [0.29, 0.717) is 0 Å². The first-order valence-electron chi connectivity index (χ1n) is 7.09. The minimum Gasteiger partial charge on any atom is -0.370 e. The second kappa shape index (κ2) is 6.85. The van der Waals surface area contributed by atoms with E-state index in [2.05, 4.69) is 32.2 Å². The van der Waals surface area contributed by atoms with E-state index in [9.17, 15) is 0 Å². The van der Waals surface area contributed by atoms with Gasteiger partial charge in [-0.05, 0) is 51.4 Å². The predicted molar refractivity (Wildman–Crippen MR) is 85.9 cm³/mol. The summed E-state index contributed by atoms with van der Waals surface area (Å²) in [6, 6.07) is 1.95. The van der Waals surface area contributed by atoms with Crippen LogP contribution in [0.15, 0.2) is 16.2 Å². The Morgan fingerprint density at radius 3 is 2.29 bits per heavy atom. The van der Waals surface area contributed by atoms with E-state index in [1.165, 1.54) is 11.8 Å². The van der Waals surface area contributed by atoms with Crippen molar-refractivity contribution in [2.75, 3.05) is 11.9 Å². The summed E-state index contributed by atoms with van der Waals surface area (Å²) in [5.74, 6) is 1.60. The Morgan fingerprint density at radius 2 is 1.67 bits per heavy atom. The van der Waals surface area contributed by atoms with Crippen LogP contribution in [0.1, 0.15) is 36.1 Å². The molecule has 0 fully saturated rings. The second-order valence-electron chi connectivity index (χ2n) is 4.97. The summed E-state index contributed by atoms with van der Waals surface area (Å²) < 4.78 is 0. The molecule has 21 heavy (non-hydrogen) atoms. The number of aromatic nitrogens is 4. The highest BCUT2D eigenvalue weighted by molar-refractivity contribution is 7.99. The number of anilines is 1. The highest BCUT2D eigenvalue weighted by Gasteiger charge is 2.09. The van der Waals surface area contributed by atoms with Crippen LogP contribution in [-0.2, 0) is 0 Å². The molecule has 0 amide bonds. The molecule has 2 aromatic rings. The van der Waals surface area contributed by atoms with E-state index < -0.39 is 0 Å². The molecule has 2 aromatic heterocycles. The van der Waals surface area contributed by atoms with Crippen molar-refractivity contribution < 1.29 is 0 Å². The summed E-state index contributed by atoms with van der Waals surface area (Å²) in [5.41, 5.74) is 3.17. The van der Waals surface area contributed by atoms with Crippen LogP contribution in [0.2, 0.25) is 0 Å². The van der Waals surface area contributed by atoms with Crippen molar-refractivity contribution in [1.29, 1.82) is 0 Å². The lowest BCUT2D eigenvalue weighted by molar-refractivity contribution is 0.873. The summed E-state index contributed by atoms with van der Waals surface area (Å²) >= 11 is 1.47. The molecule has 0 spiro atoms. The minimum absolute atomic E-state index is 0.732. The maximum atomic E-state index is 4.52. The van der Waals surface area contributed by atoms with Gasteiger partial charge in [0.25, 0.3) is 0 Å². The standard InChI is InChI=1S/C15H21N5S/c1-6-7-16-13-8-14(20-12(5)19-13)21-15-17-10(3)9(2)11(4)18-15/h8H,6-7H2,1-5H3,(H,16,19,20). The molecule has 0 atom stereocenters. The average molecular weight is 303 g/mol. The third-order valence-electron chi connectivity index (χ3n) is 3.18. The number of hydrogen-bond donors (Lipinski definition) is 1. The molecular formula is C15H21N5S. The van der Waals surface area contributed by atoms with Crippen LogP contribution in [0.25, 0.3) is 0 Å². The molecule has 0 saturated heterocycles. The van der Waals surface area contributed by atoms with Crippen molar-refractivity contribution in [1.82, 2.24) is 19.9 Å². The molecule has 1 N–H and O–H groups in total. The zero-order chi connectivity index (χ0) is 15.4. The molecule has 112 valence electrons. The summed E-state index contributed by atoms with van der Waals surface area (Å²) in [6.45, 7) is 11.0. The molecule has 0 aliphatic carbocycles. The van der Waals surface area contributed by atoms with Gasteiger partial charge in [-0.15, -0.1) is 0 Å². The Morgan fingerprint density at radius 1 is 1.00 bits per heavy atom. The molecule has 0 aliphatic heterocycles. The van der Waals surface area contributed by atoms with Gasteiger partial charge < -0.3 is 5.32 Å². The highest BCUT2D eigenvalue weighted by Crippen LogP contribution is 2.26. The second-order valence-corrected chi connectivity index (χ2v) is 5.96. The lowest BCUT2D eigenvalue weighted by Crippen LogP contribution is -2.04. The smallest absolute Gasteiger partial charge is 0.194 e. The van der Waals surface area contributed by atoms with Crippen LogP contribution < -0.4 is 5.32 Å². The maximum Gasteiger partial charge on any atom is 0.194 e. The van der Waals surface area contributed by atoms with E-state index >= 15 is 0 Å². The normalized spacial score (nSPS) is 10.7. The summed E-state index contributed by atoms with van der Waals surface area (Å²) in [5, 5.41) is 4.88. The Labute approximate surface area is 130 Å². The average Bonchev–Trinajstić information content (AvgIpc) is 2.42. The molecule has 0 aliphatic rings. The lowest BCUT2D eigenvalue weighted by Gasteiger charge is -2.08. The van der Waals surface area contributed by atoms with Gasteiger partial charge in [-0.2, -0.15) is 0 Å². The van der Waals surface area contributed by atoms with Gasteiger partial charge in [-0.25, -0.2) is 19.9 Å². The van der Waals surface area contributed by atoms with Gasteiger partial charge in [0.1, 0.15) is 16.7 Å². The van der Waals surface area contributed by atoms with Gasteiger partial charge in [0.15, 0.2) is 5.16 Å². The molecular weight excluding hydrogens is 282 g/mol. The fourth-order valence-corrected chi connectivity index (χ4v) is 2.72. The first-order valence-corrected chi connectivity index (χ1v) is 7.90. The van der Waals surface area contributed by atoms with Gasteiger partial charge in [0, 0.05) is 24.0 Å². The van der Waals surface area contributed by atoms with Crippen LogP contribution >= 0.6 is 11.8 Å². The van der Waals surface area contributed by atoms with Gasteiger partial charge in [0.05, 0.1) is 0 Å². The number of nitrogens with zero attached hydrogens (tertiary/aromatic N) is 4. The summed E-state index contributed by atoms with van der Waals surface area (Å²) in [7, 11) is 0. The lowest BCUT2D eigenvalue weighted by atomic mass is 10.2. The van der Waals surface area contributed by atoms with Crippen molar-refractivity contribution in [3.05, 3.63) is 28.8 Å². The fourth-order valence-electron chi connectivity index (χ4n) is 1.82. The number of hydrogen-bond acceptors (Lipinski definition) is 6. The molecule has 0 aromatic carbocycles. The molecule has 2 rings (SSSR count). The van der Waals surface area contributed by atoms with Crippen molar-refractivity contribution in [3.8, 4) is 0 Å². The monoisotopic (exact) mass is 303 g/mol. The first-order chi connectivity index (χ1) is 9.99. The Bertz CT molecular complexity index is 619. The Kier molecular flexibility index (Phi) is 5.12. The molecule has 0 radical (unpaired) electrons. The van der Waals surface area contributed by atoms with Crippen molar-refractivity contribution >= 4 is 17.6 Å². The van der Waals surface area contributed by atoms with Crippen LogP contribution in [0.5, 0.6) is 0 Å². The minimum atomic E-state index is 0.732. The van der Waals surface area contributed by atoms with E-state index in [4.69, 9.17) is 0 Å². The van der Waals surface area contributed by atoms with Gasteiger partial charge in [-0.3, -0.25) is 0 Å². The van der Waals surface area contributed by atoms with E-state index in [1.54, 1.807) is 0 Å². The topological polar surface area (TPSA) is 63.6 Å². The molecule has 2 heterocycles. The van der Waals surface area contributed by atoms with Crippen molar-refractivity contribution in [3.63, 3.8) is 0 Å². The summed E-state index contributed by atoms with van der Waals surface area (Å²) in [6.07, 6.45) is 1.06. The third-order valence-corrected chi connectivity index (χ3v) is 3.96. The summed E-state index contributed by atoms with van der Waals surface area (Å²) in [4.78, 5) is 17.9. The molecule has 0 unspecified atom stereocenters. The van der Waals surface area contributed by atoms with Crippen molar-refractivity contribution in [2.45, 2.75) is 51.2 Å². The van der Waals surface area contributed by atoms with Crippen LogP contribution in [0.3, 0.4) is 0 Å².